The summed E-state index contributed by atoms with van der Waals surface area (Å²) in [5.41, 5.74) is -1.05. The van der Waals surface area contributed by atoms with Crippen molar-refractivity contribution in [3.05, 3.63) is 35.4 Å². The van der Waals surface area contributed by atoms with E-state index in [-0.39, 0.29) is 5.56 Å². The van der Waals surface area contributed by atoms with Gasteiger partial charge in [-0.2, -0.15) is 0 Å². The predicted molar refractivity (Wildman–Crippen MR) is 86.8 cm³/mol. The first-order valence-electron chi connectivity index (χ1n) is 8.55. The number of hydrogen-bond donors (Lipinski definition) is 1. The Morgan fingerprint density at radius 1 is 1.31 bits per heavy atom. The molecule has 0 atom stereocenters. The van der Waals surface area contributed by atoms with Crippen LogP contribution in [0.25, 0.3) is 0 Å². The van der Waals surface area contributed by atoms with Gasteiger partial charge < -0.3 is 10.1 Å². The van der Waals surface area contributed by atoms with E-state index in [1.165, 1.54) is 12.1 Å². The van der Waals surface area contributed by atoms with Crippen molar-refractivity contribution in [2.75, 3.05) is 6.54 Å². The van der Waals surface area contributed by atoms with Crippen LogP contribution in [0.2, 0.25) is 0 Å². The molecule has 1 saturated carbocycles. The molecule has 1 spiro atoms. The summed E-state index contributed by atoms with van der Waals surface area (Å²) in [6.45, 7) is 1.06. The van der Waals surface area contributed by atoms with E-state index in [9.17, 15) is 23.2 Å². The van der Waals surface area contributed by atoms with Gasteiger partial charge in [0.15, 0.2) is 11.6 Å². The van der Waals surface area contributed by atoms with Gasteiger partial charge in [-0.25, -0.2) is 13.6 Å². The van der Waals surface area contributed by atoms with E-state index in [1.54, 1.807) is 0 Å². The highest BCUT2D eigenvalue weighted by Crippen LogP contribution is 2.36. The summed E-state index contributed by atoms with van der Waals surface area (Å²) < 4.78 is 31.6. The highest BCUT2D eigenvalue weighted by molar-refractivity contribution is 6.08. The number of ether oxygens (including phenoxy) is 1. The highest BCUT2D eigenvalue weighted by atomic mass is 19.2. The highest BCUT2D eigenvalue weighted by Gasteiger charge is 2.52. The number of carbonyl (C=O) groups excluding carboxylic acids is 3. The van der Waals surface area contributed by atoms with Crippen LogP contribution < -0.4 is 5.32 Å². The van der Waals surface area contributed by atoms with Crippen LogP contribution in [-0.2, 0) is 20.9 Å². The second kappa shape index (κ2) is 7.01. The maximum Gasteiger partial charge on any atom is 0.326 e. The van der Waals surface area contributed by atoms with Crippen molar-refractivity contribution in [3.63, 3.8) is 0 Å². The molecule has 1 aliphatic heterocycles. The molecule has 2 fully saturated rings. The van der Waals surface area contributed by atoms with Crippen LogP contribution in [0, 0.1) is 17.6 Å². The number of amides is 3. The molecule has 1 saturated heterocycles. The molecule has 8 heteroatoms. The van der Waals surface area contributed by atoms with Crippen LogP contribution in [0.5, 0.6) is 0 Å². The molecular formula is C18H20F2N2O4. The fraction of sp³-hybridized carbons (Fsp3) is 0.500. The standard InChI is InChI=1S/C18H20F2N2O4/c1-11-5-7-18(8-6-11)16(24)22(17(25)21-18)9-14(23)26-10-12-3-2-4-13(19)15(12)20/h2-4,11H,5-10H2,1H3,(H,21,25). The Bertz CT molecular complexity index is 745. The zero-order chi connectivity index (χ0) is 18.9. The topological polar surface area (TPSA) is 75.7 Å². The van der Waals surface area contributed by atoms with Gasteiger partial charge in [0.2, 0.25) is 0 Å². The van der Waals surface area contributed by atoms with Gasteiger partial charge in [-0.1, -0.05) is 19.1 Å². The van der Waals surface area contributed by atoms with Crippen LogP contribution in [-0.4, -0.2) is 34.9 Å². The Hall–Kier alpha value is -2.51. The number of halogens is 2. The van der Waals surface area contributed by atoms with Crippen LogP contribution in [0.3, 0.4) is 0 Å². The Kier molecular flexibility index (Phi) is 4.93. The molecule has 3 amide bonds. The maximum absolute atomic E-state index is 13.6. The van der Waals surface area contributed by atoms with E-state index in [0.29, 0.717) is 18.8 Å². The fourth-order valence-electron chi connectivity index (χ4n) is 3.41. The lowest BCUT2D eigenvalue weighted by atomic mass is 9.77. The summed E-state index contributed by atoms with van der Waals surface area (Å²) >= 11 is 0. The summed E-state index contributed by atoms with van der Waals surface area (Å²) in [6.07, 6.45) is 2.73. The average Bonchev–Trinajstić information content (AvgIpc) is 2.83. The van der Waals surface area contributed by atoms with Gasteiger partial charge in [-0.05, 0) is 37.7 Å². The van der Waals surface area contributed by atoms with Gasteiger partial charge >= 0.3 is 12.0 Å². The number of benzene rings is 1. The molecule has 2 aliphatic rings. The molecule has 1 N–H and O–H groups in total. The van der Waals surface area contributed by atoms with Gasteiger partial charge in [0.1, 0.15) is 18.7 Å². The zero-order valence-electron chi connectivity index (χ0n) is 14.4. The molecule has 1 aliphatic carbocycles. The molecule has 0 unspecified atom stereocenters. The van der Waals surface area contributed by atoms with E-state index in [1.807, 2.05) is 0 Å². The molecule has 0 radical (unpaired) electrons. The second-order valence-electron chi connectivity index (χ2n) is 6.96. The maximum atomic E-state index is 13.6. The third-order valence-electron chi connectivity index (χ3n) is 5.08. The lowest BCUT2D eigenvalue weighted by Gasteiger charge is -2.33. The quantitative estimate of drug-likeness (QED) is 0.656. The number of nitrogens with zero attached hydrogens (tertiary/aromatic N) is 1. The number of rotatable bonds is 4. The van der Waals surface area contributed by atoms with E-state index in [0.717, 1.165) is 23.8 Å². The Labute approximate surface area is 149 Å². The predicted octanol–water partition coefficient (Wildman–Crippen LogP) is 2.51. The zero-order valence-corrected chi connectivity index (χ0v) is 14.4. The van der Waals surface area contributed by atoms with E-state index in [4.69, 9.17) is 4.74 Å². The van der Waals surface area contributed by atoms with Crippen molar-refractivity contribution in [2.24, 2.45) is 5.92 Å². The number of nitrogens with one attached hydrogen (secondary N) is 1. The Morgan fingerprint density at radius 2 is 2.00 bits per heavy atom. The van der Waals surface area contributed by atoms with Crippen LogP contribution in [0.15, 0.2) is 18.2 Å². The molecule has 0 aromatic heterocycles. The molecule has 3 rings (SSSR count). The summed E-state index contributed by atoms with van der Waals surface area (Å²) in [5, 5.41) is 2.71. The molecular weight excluding hydrogens is 346 g/mol. The van der Waals surface area contributed by atoms with E-state index in [2.05, 4.69) is 12.2 Å². The largest absolute Gasteiger partial charge is 0.459 e. The number of carbonyl (C=O) groups is 3. The minimum Gasteiger partial charge on any atom is -0.459 e. The third-order valence-corrected chi connectivity index (χ3v) is 5.08. The van der Waals surface area contributed by atoms with Crippen molar-refractivity contribution in [2.45, 2.75) is 44.8 Å². The number of urea groups is 1. The van der Waals surface area contributed by atoms with Crippen molar-refractivity contribution in [3.8, 4) is 0 Å². The van der Waals surface area contributed by atoms with Crippen LogP contribution in [0.4, 0.5) is 13.6 Å². The van der Waals surface area contributed by atoms with Crippen molar-refractivity contribution < 1.29 is 27.9 Å². The number of esters is 1. The molecule has 1 heterocycles. The second-order valence-corrected chi connectivity index (χ2v) is 6.96. The fourth-order valence-corrected chi connectivity index (χ4v) is 3.41. The first kappa shape index (κ1) is 18.3. The molecule has 6 nitrogen and oxygen atoms in total. The molecule has 1 aromatic rings. The monoisotopic (exact) mass is 366 g/mol. The van der Waals surface area contributed by atoms with Gasteiger partial charge in [0.05, 0.1) is 0 Å². The van der Waals surface area contributed by atoms with Gasteiger partial charge in [0.25, 0.3) is 5.91 Å². The number of hydrogen-bond acceptors (Lipinski definition) is 4. The van der Waals surface area contributed by atoms with Crippen molar-refractivity contribution in [1.82, 2.24) is 10.2 Å². The average molecular weight is 366 g/mol. The number of imide groups is 1. The van der Waals surface area contributed by atoms with Gasteiger partial charge in [-0.3, -0.25) is 14.5 Å². The Morgan fingerprint density at radius 3 is 2.69 bits per heavy atom. The normalized spacial score (nSPS) is 25.5. The molecule has 26 heavy (non-hydrogen) atoms. The van der Waals surface area contributed by atoms with Crippen molar-refractivity contribution in [1.29, 1.82) is 0 Å². The SMILES string of the molecule is CC1CCC2(CC1)NC(=O)N(CC(=O)OCc1cccc(F)c1F)C2=O. The minimum atomic E-state index is -1.09. The molecule has 1 aromatic carbocycles. The van der Waals surface area contributed by atoms with Gasteiger partial charge in [0, 0.05) is 5.56 Å². The smallest absolute Gasteiger partial charge is 0.326 e. The van der Waals surface area contributed by atoms with Crippen LogP contribution in [0.1, 0.15) is 38.2 Å². The van der Waals surface area contributed by atoms with Gasteiger partial charge in [-0.15, -0.1) is 0 Å². The Balaban J connectivity index is 1.60. The first-order valence-corrected chi connectivity index (χ1v) is 8.55. The van der Waals surface area contributed by atoms with E-state index < -0.39 is 48.2 Å². The van der Waals surface area contributed by atoms with Crippen LogP contribution >= 0.6 is 0 Å². The van der Waals surface area contributed by atoms with E-state index >= 15 is 0 Å². The summed E-state index contributed by atoms with van der Waals surface area (Å²) in [4.78, 5) is 37.6. The lowest BCUT2D eigenvalue weighted by molar-refractivity contribution is -0.149. The molecule has 0 bridgehead atoms. The summed E-state index contributed by atoms with van der Waals surface area (Å²) in [6, 6.07) is 2.92. The van der Waals surface area contributed by atoms with Crippen molar-refractivity contribution >= 4 is 17.9 Å². The molecule has 140 valence electrons. The first-order chi connectivity index (χ1) is 12.3. The summed E-state index contributed by atoms with van der Waals surface area (Å²) in [5.74, 6) is -2.93. The lowest BCUT2D eigenvalue weighted by Crippen LogP contribution is -2.49. The summed E-state index contributed by atoms with van der Waals surface area (Å²) in [7, 11) is 0. The minimum absolute atomic E-state index is 0.117. The third kappa shape index (κ3) is 3.40.